The van der Waals surface area contributed by atoms with Crippen LogP contribution < -0.4 is 10.1 Å². The van der Waals surface area contributed by atoms with Crippen molar-refractivity contribution in [1.29, 1.82) is 0 Å². The van der Waals surface area contributed by atoms with Crippen LogP contribution in [0.5, 0.6) is 5.75 Å². The number of methoxy groups -OCH3 is 1. The largest absolute Gasteiger partial charge is 0.495 e. The standard InChI is InChI=1S/C18H22ClN5O2/c1-26-17-5-4-13(19)10-15(17)20-18(25)23-8-6-14(7-9-23)24-11-16(21-22-24)12-2-3-12/h4-5,10-12,14H,2-3,6-9H2,1H3,(H,20,25). The highest BCUT2D eigenvalue weighted by Gasteiger charge is 2.29. The van der Waals surface area contributed by atoms with Crippen LogP contribution in [-0.4, -0.2) is 46.1 Å². The van der Waals surface area contributed by atoms with Gasteiger partial charge < -0.3 is 15.0 Å². The topological polar surface area (TPSA) is 72.3 Å². The van der Waals surface area contributed by atoms with Gasteiger partial charge in [-0.15, -0.1) is 5.10 Å². The molecule has 0 atom stereocenters. The van der Waals surface area contributed by atoms with Crippen LogP contribution in [0, 0.1) is 0 Å². The molecular formula is C18H22ClN5O2. The van der Waals surface area contributed by atoms with Crippen LogP contribution in [0.25, 0.3) is 0 Å². The number of carbonyl (C=O) groups excluding carboxylic acids is 1. The van der Waals surface area contributed by atoms with Gasteiger partial charge in [0.25, 0.3) is 0 Å². The maximum absolute atomic E-state index is 12.6. The van der Waals surface area contributed by atoms with Crippen molar-refractivity contribution in [2.75, 3.05) is 25.5 Å². The molecular weight excluding hydrogens is 354 g/mol. The van der Waals surface area contributed by atoms with E-state index < -0.39 is 0 Å². The van der Waals surface area contributed by atoms with E-state index >= 15 is 0 Å². The van der Waals surface area contributed by atoms with E-state index in [1.165, 1.54) is 12.8 Å². The lowest BCUT2D eigenvalue weighted by Crippen LogP contribution is -2.41. The quantitative estimate of drug-likeness (QED) is 0.884. The molecule has 1 aliphatic carbocycles. The lowest BCUT2D eigenvalue weighted by Gasteiger charge is -2.32. The van der Waals surface area contributed by atoms with E-state index in [1.807, 2.05) is 9.58 Å². The first-order valence-electron chi connectivity index (χ1n) is 8.95. The number of amides is 2. The third kappa shape index (κ3) is 3.62. The lowest BCUT2D eigenvalue weighted by molar-refractivity contribution is 0.179. The van der Waals surface area contributed by atoms with Gasteiger partial charge in [0, 0.05) is 30.2 Å². The Kier molecular flexibility index (Phi) is 4.72. The minimum Gasteiger partial charge on any atom is -0.495 e. The van der Waals surface area contributed by atoms with Gasteiger partial charge in [0.2, 0.25) is 0 Å². The zero-order valence-corrected chi connectivity index (χ0v) is 15.4. The number of benzene rings is 1. The molecule has 2 aliphatic rings. The fourth-order valence-electron chi connectivity index (χ4n) is 3.34. The Hall–Kier alpha value is -2.28. The zero-order chi connectivity index (χ0) is 18.1. The Labute approximate surface area is 157 Å². The van der Waals surface area contributed by atoms with Crippen molar-refractivity contribution in [1.82, 2.24) is 19.9 Å². The number of halogens is 1. The molecule has 4 rings (SSSR count). The van der Waals surface area contributed by atoms with Crippen LogP contribution >= 0.6 is 11.6 Å². The van der Waals surface area contributed by atoms with Crippen molar-refractivity contribution in [2.45, 2.75) is 37.6 Å². The van der Waals surface area contributed by atoms with Crippen LogP contribution in [0.4, 0.5) is 10.5 Å². The molecule has 0 radical (unpaired) electrons. The molecule has 26 heavy (non-hydrogen) atoms. The monoisotopic (exact) mass is 375 g/mol. The number of likely N-dealkylation sites (tertiary alicyclic amines) is 1. The molecule has 1 saturated carbocycles. The molecule has 8 heteroatoms. The minimum atomic E-state index is -0.138. The van der Waals surface area contributed by atoms with Crippen LogP contribution in [-0.2, 0) is 0 Å². The number of hydrogen-bond donors (Lipinski definition) is 1. The van der Waals surface area contributed by atoms with Gasteiger partial charge >= 0.3 is 6.03 Å². The summed E-state index contributed by atoms with van der Waals surface area (Å²) in [6, 6.07) is 5.34. The second-order valence-corrected chi connectivity index (χ2v) is 7.33. The van der Waals surface area contributed by atoms with E-state index in [4.69, 9.17) is 16.3 Å². The summed E-state index contributed by atoms with van der Waals surface area (Å²) < 4.78 is 7.25. The average molecular weight is 376 g/mol. The van der Waals surface area contributed by atoms with E-state index in [0.29, 0.717) is 41.5 Å². The highest BCUT2D eigenvalue weighted by atomic mass is 35.5. The van der Waals surface area contributed by atoms with Crippen molar-refractivity contribution >= 4 is 23.3 Å². The lowest BCUT2D eigenvalue weighted by atomic mass is 10.1. The summed E-state index contributed by atoms with van der Waals surface area (Å²) >= 11 is 6.02. The summed E-state index contributed by atoms with van der Waals surface area (Å²) in [6.07, 6.45) is 6.27. The van der Waals surface area contributed by atoms with Gasteiger partial charge in [0.15, 0.2) is 0 Å². The fourth-order valence-corrected chi connectivity index (χ4v) is 3.51. The first-order valence-corrected chi connectivity index (χ1v) is 9.33. The molecule has 2 fully saturated rings. The van der Waals surface area contributed by atoms with E-state index in [9.17, 15) is 4.79 Å². The Bertz CT molecular complexity index is 797. The second kappa shape index (κ2) is 7.15. The molecule has 0 bridgehead atoms. The highest BCUT2D eigenvalue weighted by Crippen LogP contribution is 2.39. The molecule has 138 valence electrons. The number of piperidine rings is 1. The van der Waals surface area contributed by atoms with Crippen LogP contribution in [0.3, 0.4) is 0 Å². The molecule has 0 unspecified atom stereocenters. The smallest absolute Gasteiger partial charge is 0.321 e. The first kappa shape index (κ1) is 17.1. The van der Waals surface area contributed by atoms with Gasteiger partial charge in [0.05, 0.1) is 24.5 Å². The van der Waals surface area contributed by atoms with E-state index in [1.54, 1.807) is 25.3 Å². The van der Waals surface area contributed by atoms with E-state index in [0.717, 1.165) is 18.5 Å². The minimum absolute atomic E-state index is 0.138. The number of aromatic nitrogens is 3. The molecule has 1 aromatic carbocycles. The molecule has 2 amide bonds. The van der Waals surface area contributed by atoms with Gasteiger partial charge in [-0.25, -0.2) is 9.48 Å². The summed E-state index contributed by atoms with van der Waals surface area (Å²) in [6.45, 7) is 1.36. The van der Waals surface area contributed by atoms with Gasteiger partial charge in [-0.3, -0.25) is 0 Å². The molecule has 7 nitrogen and oxygen atoms in total. The predicted octanol–water partition coefficient (Wildman–Crippen LogP) is 3.69. The number of hydrogen-bond acceptors (Lipinski definition) is 4. The van der Waals surface area contributed by atoms with Crippen molar-refractivity contribution in [3.63, 3.8) is 0 Å². The molecule has 1 aliphatic heterocycles. The summed E-state index contributed by atoms with van der Waals surface area (Å²) in [7, 11) is 1.57. The van der Waals surface area contributed by atoms with Gasteiger partial charge in [-0.2, -0.15) is 0 Å². The second-order valence-electron chi connectivity index (χ2n) is 6.89. The van der Waals surface area contributed by atoms with Crippen molar-refractivity contribution < 1.29 is 9.53 Å². The number of nitrogens with zero attached hydrogens (tertiary/aromatic N) is 4. The summed E-state index contributed by atoms with van der Waals surface area (Å²) in [5.74, 6) is 1.20. The Morgan fingerprint density at radius 2 is 2.04 bits per heavy atom. The van der Waals surface area contributed by atoms with Gasteiger partial charge in [0.1, 0.15) is 5.75 Å². The maximum atomic E-state index is 12.6. The van der Waals surface area contributed by atoms with E-state index in [2.05, 4.69) is 21.8 Å². The fraction of sp³-hybridized carbons (Fsp3) is 0.500. The van der Waals surface area contributed by atoms with Crippen molar-refractivity contribution in [3.05, 3.63) is 35.1 Å². The number of ether oxygens (including phenoxy) is 1. The number of carbonyl (C=O) groups is 1. The summed E-state index contributed by atoms with van der Waals surface area (Å²) in [5.41, 5.74) is 1.69. The summed E-state index contributed by atoms with van der Waals surface area (Å²) in [5, 5.41) is 12.0. The molecule has 2 heterocycles. The molecule has 1 N–H and O–H groups in total. The first-order chi connectivity index (χ1) is 12.6. The zero-order valence-electron chi connectivity index (χ0n) is 14.7. The van der Waals surface area contributed by atoms with Crippen molar-refractivity contribution in [3.8, 4) is 5.75 Å². The average Bonchev–Trinajstić information content (AvgIpc) is 3.39. The highest BCUT2D eigenvalue weighted by molar-refractivity contribution is 6.31. The predicted molar refractivity (Wildman–Crippen MR) is 98.9 cm³/mol. The molecule has 2 aromatic rings. The van der Waals surface area contributed by atoms with E-state index in [-0.39, 0.29) is 6.03 Å². The number of urea groups is 1. The molecule has 0 spiro atoms. The van der Waals surface area contributed by atoms with Gasteiger partial charge in [-0.1, -0.05) is 16.8 Å². The van der Waals surface area contributed by atoms with Crippen LogP contribution in [0.15, 0.2) is 24.4 Å². The van der Waals surface area contributed by atoms with Crippen LogP contribution in [0.1, 0.15) is 43.3 Å². The summed E-state index contributed by atoms with van der Waals surface area (Å²) in [4.78, 5) is 14.4. The number of anilines is 1. The third-order valence-corrected chi connectivity index (χ3v) is 5.29. The van der Waals surface area contributed by atoms with Crippen LogP contribution in [0.2, 0.25) is 5.02 Å². The Balaban J connectivity index is 1.35. The third-order valence-electron chi connectivity index (χ3n) is 5.05. The number of rotatable bonds is 4. The Morgan fingerprint density at radius 3 is 2.73 bits per heavy atom. The Morgan fingerprint density at radius 1 is 1.27 bits per heavy atom. The normalized spacial score (nSPS) is 18.0. The molecule has 1 saturated heterocycles. The molecule has 1 aromatic heterocycles. The van der Waals surface area contributed by atoms with Gasteiger partial charge in [-0.05, 0) is 43.9 Å². The van der Waals surface area contributed by atoms with Crippen molar-refractivity contribution in [2.24, 2.45) is 0 Å². The number of nitrogens with one attached hydrogen (secondary N) is 1. The SMILES string of the molecule is COc1ccc(Cl)cc1NC(=O)N1CCC(n2cc(C3CC3)nn2)CC1. The maximum Gasteiger partial charge on any atom is 0.321 e.